The monoisotopic (exact) mass is 144 g/mol. The third kappa shape index (κ3) is 1.70. The van der Waals surface area contributed by atoms with E-state index in [4.69, 9.17) is 9.84 Å². The summed E-state index contributed by atoms with van der Waals surface area (Å²) in [6.45, 7) is 2.31. The Morgan fingerprint density at radius 3 is 2.70 bits per heavy atom. The van der Waals surface area contributed by atoms with E-state index in [9.17, 15) is 4.79 Å². The highest BCUT2D eigenvalue weighted by Gasteiger charge is 2.36. The number of hydrogen-bond acceptors (Lipinski definition) is 2. The van der Waals surface area contributed by atoms with Crippen molar-refractivity contribution in [2.75, 3.05) is 6.61 Å². The molecule has 0 unspecified atom stereocenters. The normalized spacial score (nSPS) is 20.5. The lowest BCUT2D eigenvalue weighted by atomic mass is 10.2. The highest BCUT2D eigenvalue weighted by atomic mass is 16.5. The van der Waals surface area contributed by atoms with Gasteiger partial charge in [-0.25, -0.2) is 4.79 Å². The van der Waals surface area contributed by atoms with Gasteiger partial charge in [0.05, 0.1) is 0 Å². The third-order valence-corrected chi connectivity index (χ3v) is 1.64. The van der Waals surface area contributed by atoms with Gasteiger partial charge in [0, 0.05) is 6.61 Å². The highest BCUT2D eigenvalue weighted by molar-refractivity contribution is 5.73. The van der Waals surface area contributed by atoms with E-state index in [-0.39, 0.29) is 5.92 Å². The first-order chi connectivity index (χ1) is 4.75. The van der Waals surface area contributed by atoms with Crippen LogP contribution in [0, 0.1) is 5.92 Å². The Morgan fingerprint density at radius 2 is 2.40 bits per heavy atom. The predicted octanol–water partition coefficient (Wildman–Crippen LogP) is 0.886. The molecular formula is C7H12O3. The van der Waals surface area contributed by atoms with Crippen LogP contribution in [0.1, 0.15) is 19.8 Å². The van der Waals surface area contributed by atoms with E-state index in [1.165, 1.54) is 0 Å². The third-order valence-electron chi connectivity index (χ3n) is 1.64. The van der Waals surface area contributed by atoms with Crippen molar-refractivity contribution in [1.82, 2.24) is 0 Å². The molecule has 1 fully saturated rings. The Labute approximate surface area is 60.0 Å². The number of ether oxygens (including phenoxy) is 1. The fourth-order valence-electron chi connectivity index (χ4n) is 0.988. The van der Waals surface area contributed by atoms with Crippen molar-refractivity contribution in [2.45, 2.75) is 25.9 Å². The van der Waals surface area contributed by atoms with E-state index >= 15 is 0 Å². The zero-order chi connectivity index (χ0) is 7.56. The molecule has 0 radical (unpaired) electrons. The van der Waals surface area contributed by atoms with E-state index in [2.05, 4.69) is 0 Å². The molecule has 0 amide bonds. The summed E-state index contributed by atoms with van der Waals surface area (Å²) in [6, 6.07) is 0. The minimum Gasteiger partial charge on any atom is -0.479 e. The van der Waals surface area contributed by atoms with Crippen molar-refractivity contribution in [3.63, 3.8) is 0 Å². The number of carboxylic acid groups (broad SMARTS) is 1. The van der Waals surface area contributed by atoms with Crippen molar-refractivity contribution in [3.8, 4) is 0 Å². The summed E-state index contributed by atoms with van der Waals surface area (Å²) in [5.41, 5.74) is 0. The number of aliphatic carboxylic acids is 1. The second kappa shape index (κ2) is 3.01. The van der Waals surface area contributed by atoms with Gasteiger partial charge in [-0.3, -0.25) is 0 Å². The van der Waals surface area contributed by atoms with E-state index in [1.54, 1.807) is 0 Å². The maximum Gasteiger partial charge on any atom is 0.333 e. The second-order valence-corrected chi connectivity index (χ2v) is 2.55. The van der Waals surface area contributed by atoms with Crippen LogP contribution in [0.5, 0.6) is 0 Å². The topological polar surface area (TPSA) is 46.5 Å². The zero-order valence-electron chi connectivity index (χ0n) is 6.04. The summed E-state index contributed by atoms with van der Waals surface area (Å²) >= 11 is 0. The first-order valence-electron chi connectivity index (χ1n) is 3.60. The van der Waals surface area contributed by atoms with E-state index in [0.717, 1.165) is 12.8 Å². The van der Waals surface area contributed by atoms with Gasteiger partial charge in [0.25, 0.3) is 0 Å². The lowest BCUT2D eigenvalue weighted by Gasteiger charge is -2.09. The summed E-state index contributed by atoms with van der Waals surface area (Å²) in [7, 11) is 0. The van der Waals surface area contributed by atoms with Crippen LogP contribution in [0.25, 0.3) is 0 Å². The SMILES string of the molecule is CCO[C@@H](C(=O)O)C1CC1. The minimum atomic E-state index is -0.815. The number of hydrogen-bond donors (Lipinski definition) is 1. The van der Waals surface area contributed by atoms with Crippen molar-refractivity contribution >= 4 is 5.97 Å². The standard InChI is InChI=1S/C7H12O3/c1-2-10-6(7(8)9)5-3-4-5/h5-6H,2-4H2,1H3,(H,8,9)/t6-/m1/s1. The summed E-state index contributed by atoms with van der Waals surface area (Å²) in [5.74, 6) is -0.526. The Morgan fingerprint density at radius 1 is 1.80 bits per heavy atom. The first-order valence-corrected chi connectivity index (χ1v) is 3.60. The lowest BCUT2D eigenvalue weighted by Crippen LogP contribution is -2.25. The van der Waals surface area contributed by atoms with Crippen molar-refractivity contribution in [1.29, 1.82) is 0 Å². The molecule has 0 aromatic rings. The minimum absolute atomic E-state index is 0.289. The number of carboxylic acids is 1. The molecule has 0 heterocycles. The van der Waals surface area contributed by atoms with Gasteiger partial charge in [0.1, 0.15) is 0 Å². The molecule has 1 aliphatic carbocycles. The van der Waals surface area contributed by atoms with E-state index < -0.39 is 12.1 Å². The highest BCUT2D eigenvalue weighted by Crippen LogP contribution is 2.34. The van der Waals surface area contributed by atoms with Gasteiger partial charge in [-0.05, 0) is 25.7 Å². The van der Waals surface area contributed by atoms with Gasteiger partial charge < -0.3 is 9.84 Å². The molecule has 0 aliphatic heterocycles. The van der Waals surface area contributed by atoms with E-state index in [1.807, 2.05) is 6.92 Å². The maximum absolute atomic E-state index is 10.4. The second-order valence-electron chi connectivity index (χ2n) is 2.55. The molecule has 1 aliphatic rings. The van der Waals surface area contributed by atoms with Crippen LogP contribution in [-0.2, 0) is 9.53 Å². The Kier molecular flexibility index (Phi) is 2.27. The van der Waals surface area contributed by atoms with Gasteiger partial charge in [-0.1, -0.05) is 0 Å². The van der Waals surface area contributed by atoms with Crippen LogP contribution in [0.15, 0.2) is 0 Å². The van der Waals surface area contributed by atoms with Crippen LogP contribution in [0.3, 0.4) is 0 Å². The smallest absolute Gasteiger partial charge is 0.333 e. The maximum atomic E-state index is 10.4. The Balaban J connectivity index is 2.34. The number of rotatable bonds is 4. The summed E-state index contributed by atoms with van der Waals surface area (Å²) in [5, 5.41) is 8.59. The average molecular weight is 144 g/mol. The van der Waals surface area contributed by atoms with Crippen molar-refractivity contribution in [2.24, 2.45) is 5.92 Å². The zero-order valence-corrected chi connectivity index (χ0v) is 6.04. The molecule has 3 nitrogen and oxygen atoms in total. The van der Waals surface area contributed by atoms with Crippen LogP contribution in [0.2, 0.25) is 0 Å². The average Bonchev–Trinajstić information content (AvgIpc) is 2.63. The molecule has 1 saturated carbocycles. The molecule has 1 N–H and O–H groups in total. The molecular weight excluding hydrogens is 132 g/mol. The van der Waals surface area contributed by atoms with Gasteiger partial charge in [-0.2, -0.15) is 0 Å². The first kappa shape index (κ1) is 7.54. The van der Waals surface area contributed by atoms with Gasteiger partial charge in [0.2, 0.25) is 0 Å². The van der Waals surface area contributed by atoms with Crippen LogP contribution in [0.4, 0.5) is 0 Å². The quantitative estimate of drug-likeness (QED) is 0.637. The van der Waals surface area contributed by atoms with Crippen molar-refractivity contribution < 1.29 is 14.6 Å². The van der Waals surface area contributed by atoms with Crippen LogP contribution in [-0.4, -0.2) is 23.8 Å². The molecule has 3 heteroatoms. The molecule has 10 heavy (non-hydrogen) atoms. The lowest BCUT2D eigenvalue weighted by molar-refractivity contribution is -0.151. The Bertz CT molecular complexity index is 129. The van der Waals surface area contributed by atoms with Gasteiger partial charge in [-0.15, -0.1) is 0 Å². The summed E-state index contributed by atoms with van der Waals surface area (Å²) in [6.07, 6.45) is 1.48. The molecule has 58 valence electrons. The molecule has 0 bridgehead atoms. The fraction of sp³-hybridized carbons (Fsp3) is 0.857. The van der Waals surface area contributed by atoms with E-state index in [0.29, 0.717) is 6.61 Å². The molecule has 1 rings (SSSR count). The van der Waals surface area contributed by atoms with Crippen LogP contribution < -0.4 is 0 Å². The molecule has 1 atom stereocenters. The summed E-state index contributed by atoms with van der Waals surface area (Å²) < 4.78 is 5.03. The van der Waals surface area contributed by atoms with Crippen LogP contribution >= 0.6 is 0 Å². The van der Waals surface area contributed by atoms with Gasteiger partial charge in [0.15, 0.2) is 6.10 Å². The molecule has 0 saturated heterocycles. The number of carbonyl (C=O) groups is 1. The van der Waals surface area contributed by atoms with Crippen molar-refractivity contribution in [3.05, 3.63) is 0 Å². The Hall–Kier alpha value is -0.570. The largest absolute Gasteiger partial charge is 0.479 e. The summed E-state index contributed by atoms with van der Waals surface area (Å²) in [4.78, 5) is 10.4. The van der Waals surface area contributed by atoms with Gasteiger partial charge >= 0.3 is 5.97 Å². The molecule has 0 aromatic heterocycles. The predicted molar refractivity (Wildman–Crippen MR) is 35.8 cm³/mol. The molecule has 0 aromatic carbocycles. The molecule has 0 spiro atoms. The fourth-order valence-corrected chi connectivity index (χ4v) is 0.988.